The molecule has 0 radical (unpaired) electrons. The molecule has 0 bridgehead atoms. The van der Waals surface area contributed by atoms with Crippen molar-refractivity contribution in [3.63, 3.8) is 0 Å². The third-order valence-corrected chi connectivity index (χ3v) is 17.3. The number of hydrogen-bond acceptors (Lipinski definition) is 1. The van der Waals surface area contributed by atoms with E-state index in [1.165, 1.54) is 28.4 Å². The predicted octanol–water partition coefficient (Wildman–Crippen LogP) is 8.03. The number of unbranched alkanes of at least 4 members (excludes halogenated alkanes) is 1. The first-order valence-corrected chi connectivity index (χ1v) is 19.5. The van der Waals surface area contributed by atoms with Gasteiger partial charge in [-0.05, 0) is 43.2 Å². The highest BCUT2D eigenvalue weighted by atomic mass is 28.3. The zero-order chi connectivity index (χ0) is 25.9. The molecule has 190 valence electrons. The minimum absolute atomic E-state index is 0.125. The first kappa shape index (κ1) is 27.9. The molecule has 0 aliphatic heterocycles. The van der Waals surface area contributed by atoms with Crippen molar-refractivity contribution >= 4 is 32.3 Å². The van der Waals surface area contributed by atoms with Crippen LogP contribution in [0, 0.1) is 11.8 Å². The van der Waals surface area contributed by atoms with Crippen LogP contribution in [0.5, 0.6) is 0 Å². The Morgan fingerprint density at radius 1 is 0.914 bits per heavy atom. The number of carbonyl (C=O) groups excluding carboxylic acids is 1. The van der Waals surface area contributed by atoms with Crippen LogP contribution in [0.15, 0.2) is 71.4 Å². The number of Topliss-reactive ketones (excluding diaryl/α,β-unsaturated/α-hetero) is 1. The van der Waals surface area contributed by atoms with Gasteiger partial charge in [-0.15, -0.1) is 0 Å². The minimum atomic E-state index is -2.16. The molecule has 2 atom stereocenters. The topological polar surface area (TPSA) is 17.1 Å². The molecular formula is C32H48OSi2. The summed E-state index contributed by atoms with van der Waals surface area (Å²) in [5.74, 6) is 1.18. The number of benzene rings is 2. The van der Waals surface area contributed by atoms with E-state index in [4.69, 9.17) is 0 Å². The largest absolute Gasteiger partial charge is 0.299 e. The van der Waals surface area contributed by atoms with Gasteiger partial charge in [-0.1, -0.05) is 136 Å². The van der Waals surface area contributed by atoms with E-state index in [-0.39, 0.29) is 11.0 Å². The molecule has 0 aromatic heterocycles. The van der Waals surface area contributed by atoms with Crippen molar-refractivity contribution in [2.24, 2.45) is 11.8 Å². The molecular weight excluding hydrogens is 457 g/mol. The van der Waals surface area contributed by atoms with Gasteiger partial charge in [0.05, 0.1) is 8.07 Å². The second-order valence-electron chi connectivity index (χ2n) is 12.9. The Balaban J connectivity index is 2.13. The molecule has 0 N–H and O–H groups in total. The highest BCUT2D eigenvalue weighted by Gasteiger charge is 2.50. The average Bonchev–Trinajstić information content (AvgIpc) is 2.81. The summed E-state index contributed by atoms with van der Waals surface area (Å²) in [7, 11) is -3.67. The van der Waals surface area contributed by atoms with Crippen LogP contribution < -0.4 is 10.4 Å². The molecule has 2 aromatic carbocycles. The van der Waals surface area contributed by atoms with Crippen LogP contribution in [-0.2, 0) is 4.79 Å². The lowest BCUT2D eigenvalue weighted by Crippen LogP contribution is -2.65. The summed E-state index contributed by atoms with van der Waals surface area (Å²) in [5.41, 5.74) is 1.43. The van der Waals surface area contributed by atoms with E-state index < -0.39 is 16.1 Å². The lowest BCUT2D eigenvalue weighted by atomic mass is 9.79. The fourth-order valence-electron chi connectivity index (χ4n) is 6.66. The molecule has 0 heterocycles. The number of rotatable bonds is 9. The Morgan fingerprint density at radius 2 is 1.43 bits per heavy atom. The van der Waals surface area contributed by atoms with Crippen LogP contribution in [-0.4, -0.2) is 21.9 Å². The number of allylic oxidation sites excluding steroid dienone is 2. The van der Waals surface area contributed by atoms with Gasteiger partial charge in [0.25, 0.3) is 0 Å². The standard InChI is InChI=1S/C32H48OSi2/c1-9-10-21-30(33)29-22-26(23-31(25(29)2)34(6,7)8)24-35(32(3,4)5,27-17-13-11-14-18-27)28-19-15-12-16-20-28/h11-20,26,29H,9-10,21-24H2,1-8H3. The summed E-state index contributed by atoms with van der Waals surface area (Å²) in [6, 6.07) is 23.9. The minimum Gasteiger partial charge on any atom is -0.299 e. The fourth-order valence-corrected chi connectivity index (χ4v) is 14.8. The smallest absolute Gasteiger partial charge is 0.139 e. The summed E-state index contributed by atoms with van der Waals surface area (Å²) in [5, 5.41) is 4.90. The van der Waals surface area contributed by atoms with Gasteiger partial charge in [0.2, 0.25) is 0 Å². The quantitative estimate of drug-likeness (QED) is 0.316. The molecule has 1 aliphatic carbocycles. The molecule has 3 rings (SSSR count). The van der Waals surface area contributed by atoms with Gasteiger partial charge in [0.15, 0.2) is 0 Å². The Hall–Kier alpha value is -1.72. The van der Waals surface area contributed by atoms with E-state index in [2.05, 4.69) is 115 Å². The van der Waals surface area contributed by atoms with Crippen LogP contribution in [0.3, 0.4) is 0 Å². The van der Waals surface area contributed by atoms with Gasteiger partial charge in [-0.25, -0.2) is 0 Å². The van der Waals surface area contributed by atoms with E-state index in [0.29, 0.717) is 11.7 Å². The number of ketones is 1. The van der Waals surface area contributed by atoms with Crippen LogP contribution >= 0.6 is 0 Å². The van der Waals surface area contributed by atoms with Crippen molar-refractivity contribution in [2.75, 3.05) is 0 Å². The first-order valence-electron chi connectivity index (χ1n) is 13.8. The van der Waals surface area contributed by atoms with E-state index in [0.717, 1.165) is 25.7 Å². The Morgan fingerprint density at radius 3 is 1.86 bits per heavy atom. The molecule has 0 amide bonds. The van der Waals surface area contributed by atoms with Gasteiger partial charge >= 0.3 is 0 Å². The van der Waals surface area contributed by atoms with Crippen molar-refractivity contribution in [2.45, 2.75) is 97.4 Å². The van der Waals surface area contributed by atoms with E-state index in [1.54, 1.807) is 5.20 Å². The lowest BCUT2D eigenvalue weighted by molar-refractivity contribution is -0.122. The molecule has 0 saturated carbocycles. The molecule has 1 aliphatic rings. The Labute approximate surface area is 217 Å². The maximum Gasteiger partial charge on any atom is 0.139 e. The summed E-state index contributed by atoms with van der Waals surface area (Å²) in [6.45, 7) is 19.3. The average molecular weight is 505 g/mol. The monoisotopic (exact) mass is 504 g/mol. The SMILES string of the molecule is CCCCC(=O)C1CC(C[Si](c2ccccc2)(c2ccccc2)C(C)(C)C)CC([Si](C)(C)C)=C1C. The van der Waals surface area contributed by atoms with E-state index in [9.17, 15) is 4.79 Å². The van der Waals surface area contributed by atoms with Crippen molar-refractivity contribution in [1.29, 1.82) is 0 Å². The van der Waals surface area contributed by atoms with E-state index in [1.807, 2.05) is 0 Å². The molecule has 35 heavy (non-hydrogen) atoms. The van der Waals surface area contributed by atoms with Crippen LogP contribution in [0.2, 0.25) is 30.7 Å². The summed E-state index contributed by atoms with van der Waals surface area (Å²) < 4.78 is 0. The van der Waals surface area contributed by atoms with Crippen molar-refractivity contribution in [1.82, 2.24) is 0 Å². The van der Waals surface area contributed by atoms with Gasteiger partial charge in [0.1, 0.15) is 13.9 Å². The zero-order valence-electron chi connectivity index (χ0n) is 23.6. The van der Waals surface area contributed by atoms with Crippen molar-refractivity contribution in [3.8, 4) is 0 Å². The van der Waals surface area contributed by atoms with Crippen molar-refractivity contribution < 1.29 is 4.79 Å². The Bertz CT molecular complexity index is 970. The predicted molar refractivity (Wildman–Crippen MR) is 159 cm³/mol. The molecule has 0 spiro atoms. The second kappa shape index (κ2) is 11.1. The Kier molecular flexibility index (Phi) is 8.86. The number of carbonyl (C=O) groups is 1. The third kappa shape index (κ3) is 5.99. The second-order valence-corrected chi connectivity index (χ2v) is 22.9. The molecule has 0 saturated heterocycles. The first-order chi connectivity index (χ1) is 16.4. The van der Waals surface area contributed by atoms with E-state index >= 15 is 0 Å². The van der Waals surface area contributed by atoms with Crippen LogP contribution in [0.4, 0.5) is 0 Å². The van der Waals surface area contributed by atoms with Gasteiger partial charge < -0.3 is 0 Å². The van der Waals surface area contributed by atoms with Crippen LogP contribution in [0.25, 0.3) is 0 Å². The third-order valence-electron chi connectivity index (χ3n) is 8.54. The molecule has 1 nitrogen and oxygen atoms in total. The zero-order valence-corrected chi connectivity index (χ0v) is 25.6. The highest BCUT2D eigenvalue weighted by Crippen LogP contribution is 2.47. The van der Waals surface area contributed by atoms with Gasteiger partial charge in [0, 0.05) is 12.3 Å². The lowest BCUT2D eigenvalue weighted by Gasteiger charge is -2.48. The van der Waals surface area contributed by atoms with Gasteiger partial charge in [-0.2, -0.15) is 0 Å². The molecule has 3 heteroatoms. The summed E-state index contributed by atoms with van der Waals surface area (Å²) in [4.78, 5) is 13.5. The maximum absolute atomic E-state index is 13.5. The maximum atomic E-state index is 13.5. The van der Waals surface area contributed by atoms with Crippen molar-refractivity contribution in [3.05, 3.63) is 71.4 Å². The summed E-state index contributed by atoms with van der Waals surface area (Å²) >= 11 is 0. The number of hydrogen-bond donors (Lipinski definition) is 0. The fraction of sp³-hybridized carbons (Fsp3) is 0.531. The summed E-state index contributed by atoms with van der Waals surface area (Å²) in [6.07, 6.45) is 5.07. The molecule has 2 unspecified atom stereocenters. The van der Waals surface area contributed by atoms with Crippen LogP contribution in [0.1, 0.15) is 66.7 Å². The highest BCUT2D eigenvalue weighted by molar-refractivity contribution is 7.04. The normalized spacial score (nSPS) is 19.7. The van der Waals surface area contributed by atoms with Gasteiger partial charge in [-0.3, -0.25) is 4.79 Å². The molecule has 0 fully saturated rings. The molecule has 2 aromatic rings.